The molecule has 1 N–H and O–H groups in total. The van der Waals surface area contributed by atoms with Gasteiger partial charge in [-0.25, -0.2) is 0 Å². The Morgan fingerprint density at radius 3 is 2.35 bits per heavy atom. The molecule has 3 nitrogen and oxygen atoms in total. The third-order valence-corrected chi connectivity index (χ3v) is 4.96. The molecule has 3 rings (SSSR count). The molecule has 1 aromatic heterocycles. The zero-order valence-corrected chi connectivity index (χ0v) is 16.0. The molecule has 0 aliphatic carbocycles. The number of rotatable bonds is 4. The summed E-state index contributed by atoms with van der Waals surface area (Å²) in [5.41, 5.74) is 4.71. The van der Waals surface area contributed by atoms with E-state index in [9.17, 15) is 4.79 Å². The maximum absolute atomic E-state index is 12.5. The SMILES string of the molecule is Cc1cc(-c2ccc(NC(=O)C(C)c3ccc(Cl)c(Cl)c3)cc2)ccn1. The van der Waals surface area contributed by atoms with Crippen LogP contribution in [0.15, 0.2) is 60.8 Å². The molecule has 3 aromatic rings. The minimum absolute atomic E-state index is 0.101. The molecule has 0 fully saturated rings. The van der Waals surface area contributed by atoms with Crippen molar-refractivity contribution in [3.63, 3.8) is 0 Å². The highest BCUT2D eigenvalue weighted by Gasteiger charge is 2.16. The van der Waals surface area contributed by atoms with Gasteiger partial charge in [0.2, 0.25) is 5.91 Å². The van der Waals surface area contributed by atoms with Crippen LogP contribution >= 0.6 is 23.2 Å². The highest BCUT2D eigenvalue weighted by molar-refractivity contribution is 6.42. The van der Waals surface area contributed by atoms with Gasteiger partial charge in [-0.1, -0.05) is 41.4 Å². The second-order valence-electron chi connectivity index (χ2n) is 6.15. The zero-order chi connectivity index (χ0) is 18.7. The Labute approximate surface area is 163 Å². The highest BCUT2D eigenvalue weighted by atomic mass is 35.5. The Hall–Kier alpha value is -2.36. The average Bonchev–Trinajstić information content (AvgIpc) is 2.64. The van der Waals surface area contributed by atoms with Crippen LogP contribution in [0.25, 0.3) is 11.1 Å². The summed E-state index contributed by atoms with van der Waals surface area (Å²) in [6.45, 7) is 3.80. The second kappa shape index (κ2) is 7.90. The van der Waals surface area contributed by atoms with E-state index in [-0.39, 0.29) is 11.8 Å². The lowest BCUT2D eigenvalue weighted by molar-refractivity contribution is -0.117. The molecule has 5 heteroatoms. The Balaban J connectivity index is 1.72. The molecular formula is C21H18Cl2N2O. The molecule has 1 atom stereocenters. The van der Waals surface area contributed by atoms with E-state index in [4.69, 9.17) is 23.2 Å². The van der Waals surface area contributed by atoms with Crippen molar-refractivity contribution in [3.8, 4) is 11.1 Å². The van der Waals surface area contributed by atoms with Crippen molar-refractivity contribution in [2.45, 2.75) is 19.8 Å². The number of carbonyl (C=O) groups is 1. The minimum Gasteiger partial charge on any atom is -0.326 e. The minimum atomic E-state index is -0.340. The van der Waals surface area contributed by atoms with E-state index in [1.807, 2.05) is 56.3 Å². The van der Waals surface area contributed by atoms with Crippen LogP contribution in [-0.4, -0.2) is 10.9 Å². The van der Waals surface area contributed by atoms with E-state index >= 15 is 0 Å². The Morgan fingerprint density at radius 2 is 1.69 bits per heavy atom. The first-order valence-corrected chi connectivity index (χ1v) is 8.98. The number of nitrogens with one attached hydrogen (secondary N) is 1. The fourth-order valence-electron chi connectivity index (χ4n) is 2.65. The Kier molecular flexibility index (Phi) is 5.60. The molecule has 132 valence electrons. The molecule has 1 heterocycles. The second-order valence-corrected chi connectivity index (χ2v) is 6.96. The van der Waals surface area contributed by atoms with Gasteiger partial charge in [-0.3, -0.25) is 9.78 Å². The number of benzene rings is 2. The van der Waals surface area contributed by atoms with Gasteiger partial charge in [-0.15, -0.1) is 0 Å². The smallest absolute Gasteiger partial charge is 0.231 e. The normalized spacial score (nSPS) is 11.8. The lowest BCUT2D eigenvalue weighted by Gasteiger charge is -2.14. The molecule has 1 amide bonds. The predicted octanol–water partition coefficient (Wildman–Crippen LogP) is 6.11. The van der Waals surface area contributed by atoms with Gasteiger partial charge in [0.15, 0.2) is 0 Å². The third-order valence-electron chi connectivity index (χ3n) is 4.22. The van der Waals surface area contributed by atoms with Crippen molar-refractivity contribution in [1.29, 1.82) is 0 Å². The number of carbonyl (C=O) groups excluding carboxylic acids is 1. The fourth-order valence-corrected chi connectivity index (χ4v) is 2.96. The van der Waals surface area contributed by atoms with E-state index < -0.39 is 0 Å². The van der Waals surface area contributed by atoms with Gasteiger partial charge >= 0.3 is 0 Å². The fraction of sp³-hybridized carbons (Fsp3) is 0.143. The van der Waals surface area contributed by atoms with E-state index in [0.29, 0.717) is 10.0 Å². The third kappa shape index (κ3) is 4.24. The van der Waals surface area contributed by atoms with Crippen molar-refractivity contribution in [2.24, 2.45) is 0 Å². The molecule has 0 bridgehead atoms. The number of anilines is 1. The van der Waals surface area contributed by atoms with Crippen LogP contribution in [0.5, 0.6) is 0 Å². The van der Waals surface area contributed by atoms with Crippen molar-refractivity contribution in [1.82, 2.24) is 4.98 Å². The van der Waals surface area contributed by atoms with Crippen LogP contribution < -0.4 is 5.32 Å². The van der Waals surface area contributed by atoms with Gasteiger partial charge in [0, 0.05) is 17.6 Å². The number of amides is 1. The number of pyridine rings is 1. The monoisotopic (exact) mass is 384 g/mol. The average molecular weight is 385 g/mol. The molecule has 0 aliphatic heterocycles. The van der Waals surface area contributed by atoms with E-state index in [2.05, 4.69) is 10.3 Å². The van der Waals surface area contributed by atoms with Crippen LogP contribution in [0.3, 0.4) is 0 Å². The van der Waals surface area contributed by atoms with Crippen molar-refractivity contribution < 1.29 is 4.79 Å². The molecule has 0 spiro atoms. The molecular weight excluding hydrogens is 367 g/mol. The van der Waals surface area contributed by atoms with Gasteiger partial charge < -0.3 is 5.32 Å². The maximum Gasteiger partial charge on any atom is 0.231 e. The summed E-state index contributed by atoms with van der Waals surface area (Å²) in [5.74, 6) is -0.441. The summed E-state index contributed by atoms with van der Waals surface area (Å²) in [6, 6.07) is 17.0. The van der Waals surface area contributed by atoms with Gasteiger partial charge in [0.25, 0.3) is 0 Å². The van der Waals surface area contributed by atoms with Crippen molar-refractivity contribution in [3.05, 3.63) is 82.1 Å². The number of aromatic nitrogens is 1. The van der Waals surface area contributed by atoms with E-state index in [1.54, 1.807) is 18.3 Å². The molecule has 0 saturated carbocycles. The predicted molar refractivity (Wildman–Crippen MR) is 108 cm³/mol. The standard InChI is InChI=1S/C21H18Cl2N2O/c1-13-11-17(9-10-24-13)15-3-6-18(7-4-15)25-21(26)14(2)16-5-8-19(22)20(23)12-16/h3-12,14H,1-2H3,(H,25,26). The molecule has 0 aliphatic rings. The van der Waals surface area contributed by atoms with Crippen molar-refractivity contribution >= 4 is 34.8 Å². The van der Waals surface area contributed by atoms with Crippen LogP contribution in [0.2, 0.25) is 10.0 Å². The number of aryl methyl sites for hydroxylation is 1. The summed E-state index contributed by atoms with van der Waals surface area (Å²) in [6.07, 6.45) is 1.79. The summed E-state index contributed by atoms with van der Waals surface area (Å²) < 4.78 is 0. The lowest BCUT2D eigenvalue weighted by Crippen LogP contribution is -2.18. The summed E-state index contributed by atoms with van der Waals surface area (Å²) >= 11 is 12.0. The van der Waals surface area contributed by atoms with Gasteiger partial charge in [0.1, 0.15) is 0 Å². The van der Waals surface area contributed by atoms with E-state index in [0.717, 1.165) is 28.1 Å². The topological polar surface area (TPSA) is 42.0 Å². The maximum atomic E-state index is 12.5. The number of halogens is 2. The van der Waals surface area contributed by atoms with Crippen LogP contribution in [-0.2, 0) is 4.79 Å². The first-order chi connectivity index (χ1) is 12.4. The van der Waals surface area contributed by atoms with Gasteiger partial charge in [0.05, 0.1) is 16.0 Å². The summed E-state index contributed by atoms with van der Waals surface area (Å²) in [4.78, 5) is 16.7. The van der Waals surface area contributed by atoms with Crippen LogP contribution in [0, 0.1) is 6.92 Å². The number of nitrogens with zero attached hydrogens (tertiary/aromatic N) is 1. The molecule has 2 aromatic carbocycles. The molecule has 0 radical (unpaired) electrons. The lowest BCUT2D eigenvalue weighted by atomic mass is 10.00. The Bertz CT molecular complexity index is 939. The molecule has 1 unspecified atom stereocenters. The highest BCUT2D eigenvalue weighted by Crippen LogP contribution is 2.27. The summed E-state index contributed by atoms with van der Waals surface area (Å²) in [5, 5.41) is 3.86. The van der Waals surface area contributed by atoms with E-state index in [1.165, 1.54) is 0 Å². The van der Waals surface area contributed by atoms with Crippen LogP contribution in [0.1, 0.15) is 24.1 Å². The van der Waals surface area contributed by atoms with Crippen molar-refractivity contribution in [2.75, 3.05) is 5.32 Å². The number of hydrogen-bond acceptors (Lipinski definition) is 2. The van der Waals surface area contributed by atoms with Gasteiger partial charge in [-0.2, -0.15) is 0 Å². The largest absolute Gasteiger partial charge is 0.326 e. The van der Waals surface area contributed by atoms with Crippen LogP contribution in [0.4, 0.5) is 5.69 Å². The Morgan fingerprint density at radius 1 is 0.962 bits per heavy atom. The quantitative estimate of drug-likeness (QED) is 0.589. The molecule has 0 saturated heterocycles. The first-order valence-electron chi connectivity index (χ1n) is 8.23. The number of hydrogen-bond donors (Lipinski definition) is 1. The van der Waals surface area contributed by atoms with Gasteiger partial charge in [-0.05, 0) is 66.9 Å². The summed E-state index contributed by atoms with van der Waals surface area (Å²) in [7, 11) is 0. The first kappa shape index (κ1) is 18.4. The zero-order valence-electron chi connectivity index (χ0n) is 14.5. The molecule has 26 heavy (non-hydrogen) atoms.